The van der Waals surface area contributed by atoms with Gasteiger partial charge in [-0.1, -0.05) is 20.3 Å². The molecule has 13 nitrogen and oxygen atoms in total. The van der Waals surface area contributed by atoms with Crippen LogP contribution in [-0.2, 0) is 28.8 Å². The minimum Gasteiger partial charge on any atom is -0.481 e. The second-order valence-electron chi connectivity index (χ2n) is 7.22. The number of carbonyl (C=O) groups is 6. The first-order valence-electron chi connectivity index (χ1n) is 9.69. The van der Waals surface area contributed by atoms with Crippen LogP contribution in [0, 0.1) is 5.92 Å². The number of hydrogen-bond donors (Lipinski definition) is 7. The highest BCUT2D eigenvalue weighted by Gasteiger charge is 2.32. The Balaban J connectivity index is 5.57. The quantitative estimate of drug-likeness (QED) is 0.151. The molecule has 0 saturated heterocycles. The van der Waals surface area contributed by atoms with Gasteiger partial charge in [0.1, 0.15) is 18.1 Å². The van der Waals surface area contributed by atoms with Crippen LogP contribution in [0.25, 0.3) is 0 Å². The number of rotatable bonds is 14. The summed E-state index contributed by atoms with van der Waals surface area (Å²) in [7, 11) is 0. The number of aliphatic carboxylic acids is 2. The number of carboxylic acid groups (broad SMARTS) is 2. The van der Waals surface area contributed by atoms with E-state index in [-0.39, 0.29) is 18.8 Å². The minimum atomic E-state index is -1.75. The molecule has 0 aliphatic heterocycles. The lowest BCUT2D eigenvalue weighted by Gasteiger charge is -2.27. The van der Waals surface area contributed by atoms with Crippen LogP contribution < -0.4 is 27.4 Å². The minimum absolute atomic E-state index is 0.263. The molecule has 0 aliphatic rings. The molecule has 5 unspecified atom stereocenters. The molecule has 0 heterocycles. The van der Waals surface area contributed by atoms with Crippen molar-refractivity contribution in [2.24, 2.45) is 17.4 Å². The van der Waals surface area contributed by atoms with Gasteiger partial charge >= 0.3 is 11.9 Å². The first kappa shape index (κ1) is 27.8. The predicted molar refractivity (Wildman–Crippen MR) is 107 cm³/mol. The molecular weight excluding hydrogens is 414 g/mol. The molecule has 0 rings (SSSR count). The van der Waals surface area contributed by atoms with Crippen molar-refractivity contribution in [3.63, 3.8) is 0 Å². The Labute approximate surface area is 179 Å². The Morgan fingerprint density at radius 2 is 1.42 bits per heavy atom. The normalized spacial score (nSPS) is 15.5. The van der Waals surface area contributed by atoms with Crippen molar-refractivity contribution in [3.8, 4) is 0 Å². The third-order valence-electron chi connectivity index (χ3n) is 4.51. The van der Waals surface area contributed by atoms with E-state index in [4.69, 9.17) is 21.7 Å². The van der Waals surface area contributed by atoms with Crippen LogP contribution in [0.3, 0.4) is 0 Å². The highest BCUT2D eigenvalue weighted by atomic mass is 16.4. The van der Waals surface area contributed by atoms with E-state index in [1.165, 1.54) is 6.92 Å². The van der Waals surface area contributed by atoms with Crippen molar-refractivity contribution in [3.05, 3.63) is 0 Å². The van der Waals surface area contributed by atoms with E-state index in [1.54, 1.807) is 13.8 Å². The van der Waals surface area contributed by atoms with Crippen LogP contribution in [0.2, 0.25) is 0 Å². The first-order chi connectivity index (χ1) is 14.3. The van der Waals surface area contributed by atoms with Gasteiger partial charge < -0.3 is 37.6 Å². The van der Waals surface area contributed by atoms with Crippen LogP contribution in [0.5, 0.6) is 0 Å². The van der Waals surface area contributed by atoms with Crippen LogP contribution >= 0.6 is 0 Å². The van der Waals surface area contributed by atoms with Crippen LogP contribution in [-0.4, -0.2) is 69.9 Å². The summed E-state index contributed by atoms with van der Waals surface area (Å²) in [4.78, 5) is 70.4. The molecule has 176 valence electrons. The van der Waals surface area contributed by atoms with E-state index in [0.717, 1.165) is 0 Å². The summed E-state index contributed by atoms with van der Waals surface area (Å²) >= 11 is 0. The van der Waals surface area contributed by atoms with Crippen molar-refractivity contribution in [1.29, 1.82) is 0 Å². The highest BCUT2D eigenvalue weighted by Crippen LogP contribution is 2.10. The lowest BCUT2D eigenvalue weighted by atomic mass is 9.97. The molecule has 0 aliphatic carbocycles. The molecule has 9 N–H and O–H groups in total. The fourth-order valence-electron chi connectivity index (χ4n) is 2.45. The number of carboxylic acids is 2. The number of primary amides is 1. The Bertz CT molecular complexity index is 696. The maximum Gasteiger partial charge on any atom is 0.326 e. The summed E-state index contributed by atoms with van der Waals surface area (Å²) in [5.41, 5.74) is 10.6. The molecule has 0 aromatic carbocycles. The number of amides is 4. The topological polar surface area (TPSA) is 231 Å². The molecule has 0 bridgehead atoms. The van der Waals surface area contributed by atoms with Crippen LogP contribution in [0.4, 0.5) is 0 Å². The van der Waals surface area contributed by atoms with Gasteiger partial charge in [0.2, 0.25) is 23.6 Å². The fraction of sp³-hybridized carbons (Fsp3) is 0.667. The smallest absolute Gasteiger partial charge is 0.326 e. The van der Waals surface area contributed by atoms with Gasteiger partial charge in [0, 0.05) is 6.42 Å². The molecular formula is C18H31N5O8. The fourth-order valence-corrected chi connectivity index (χ4v) is 2.45. The van der Waals surface area contributed by atoms with Crippen molar-refractivity contribution in [2.75, 3.05) is 0 Å². The zero-order valence-corrected chi connectivity index (χ0v) is 17.7. The number of nitrogens with two attached hydrogens (primary N) is 2. The SMILES string of the molecule is CCC(C)C(NC(=O)C(C)N)C(=O)NC(CCC(N)=O)C(=O)NC(CC(=O)O)C(=O)O. The zero-order valence-electron chi connectivity index (χ0n) is 17.7. The first-order valence-corrected chi connectivity index (χ1v) is 9.69. The van der Waals surface area contributed by atoms with E-state index in [9.17, 15) is 28.8 Å². The van der Waals surface area contributed by atoms with E-state index < -0.39 is 66.2 Å². The largest absolute Gasteiger partial charge is 0.481 e. The van der Waals surface area contributed by atoms with E-state index in [0.29, 0.717) is 6.42 Å². The Kier molecular flexibility index (Phi) is 11.8. The van der Waals surface area contributed by atoms with Crippen molar-refractivity contribution in [2.45, 2.75) is 70.6 Å². The molecule has 0 spiro atoms. The molecule has 4 amide bonds. The third kappa shape index (κ3) is 10.4. The number of nitrogens with one attached hydrogen (secondary N) is 3. The summed E-state index contributed by atoms with van der Waals surface area (Å²) < 4.78 is 0. The van der Waals surface area contributed by atoms with Crippen molar-refractivity contribution in [1.82, 2.24) is 16.0 Å². The summed E-state index contributed by atoms with van der Waals surface area (Å²) in [6.45, 7) is 4.90. The van der Waals surface area contributed by atoms with Crippen molar-refractivity contribution < 1.29 is 39.0 Å². The summed E-state index contributed by atoms with van der Waals surface area (Å²) in [6, 6.07) is -5.09. The molecule has 0 aromatic heterocycles. The lowest BCUT2D eigenvalue weighted by Crippen LogP contribution is -2.58. The number of carbonyl (C=O) groups excluding carboxylic acids is 4. The predicted octanol–water partition coefficient (Wildman–Crippen LogP) is -2.34. The molecule has 0 radical (unpaired) electrons. The summed E-state index contributed by atoms with van der Waals surface area (Å²) in [5, 5.41) is 24.8. The van der Waals surface area contributed by atoms with Gasteiger partial charge in [-0.25, -0.2) is 4.79 Å². The standard InChI is InChI=1S/C18H31N5O8/c1-4-8(2)14(23-15(27)9(3)19)17(29)21-10(5-6-12(20)24)16(28)22-11(18(30)31)7-13(25)26/h8-11,14H,4-7,19H2,1-3H3,(H2,20,24)(H,21,29)(H,22,28)(H,23,27)(H,25,26)(H,30,31). The van der Waals surface area contributed by atoms with Crippen LogP contribution in [0.15, 0.2) is 0 Å². The van der Waals surface area contributed by atoms with Gasteiger partial charge in [-0.2, -0.15) is 0 Å². The van der Waals surface area contributed by atoms with Crippen LogP contribution in [0.1, 0.15) is 46.5 Å². The van der Waals surface area contributed by atoms with Gasteiger partial charge in [0.05, 0.1) is 12.5 Å². The molecule has 0 saturated carbocycles. The van der Waals surface area contributed by atoms with E-state index in [1.807, 2.05) is 5.32 Å². The van der Waals surface area contributed by atoms with Gasteiger partial charge in [0.15, 0.2) is 0 Å². The Hall–Kier alpha value is -3.22. The van der Waals surface area contributed by atoms with Gasteiger partial charge in [0.25, 0.3) is 0 Å². The van der Waals surface area contributed by atoms with Gasteiger partial charge in [-0.3, -0.25) is 24.0 Å². The zero-order chi connectivity index (χ0) is 24.3. The second-order valence-corrected chi connectivity index (χ2v) is 7.22. The maximum atomic E-state index is 12.8. The number of hydrogen-bond acceptors (Lipinski definition) is 7. The van der Waals surface area contributed by atoms with Gasteiger partial charge in [-0.05, 0) is 19.3 Å². The summed E-state index contributed by atoms with van der Waals surface area (Å²) in [6.07, 6.45) is -0.970. The Morgan fingerprint density at radius 3 is 1.84 bits per heavy atom. The monoisotopic (exact) mass is 445 g/mol. The molecule has 0 aromatic rings. The molecule has 5 atom stereocenters. The summed E-state index contributed by atoms with van der Waals surface area (Å²) in [5.74, 6) is -6.51. The third-order valence-corrected chi connectivity index (χ3v) is 4.51. The van der Waals surface area contributed by atoms with Gasteiger partial charge in [-0.15, -0.1) is 0 Å². The Morgan fingerprint density at radius 1 is 0.871 bits per heavy atom. The molecule has 13 heteroatoms. The maximum absolute atomic E-state index is 12.8. The molecule has 0 fully saturated rings. The van der Waals surface area contributed by atoms with E-state index >= 15 is 0 Å². The average molecular weight is 445 g/mol. The average Bonchev–Trinajstić information content (AvgIpc) is 2.66. The van der Waals surface area contributed by atoms with Crippen molar-refractivity contribution >= 4 is 35.6 Å². The second kappa shape index (κ2) is 13.2. The lowest BCUT2D eigenvalue weighted by molar-refractivity contribution is -0.147. The molecule has 31 heavy (non-hydrogen) atoms. The highest BCUT2D eigenvalue weighted by molar-refractivity contribution is 5.95. The van der Waals surface area contributed by atoms with E-state index in [2.05, 4.69) is 10.6 Å².